The Morgan fingerprint density at radius 1 is 1.33 bits per heavy atom. The van der Waals surface area contributed by atoms with Crippen LogP contribution < -0.4 is 0 Å². The number of hydrogen-bond donors (Lipinski definition) is 1. The number of halogens is 2. The average Bonchev–Trinajstić information content (AvgIpc) is 2.70. The number of aliphatic hydroxyl groups is 1. The lowest BCUT2D eigenvalue weighted by Crippen LogP contribution is -2.08. The van der Waals surface area contributed by atoms with E-state index in [1.54, 1.807) is 6.92 Å². The fourth-order valence-electron chi connectivity index (χ4n) is 1.75. The number of hydrogen-bond acceptors (Lipinski definition) is 3. The number of nitrogens with zero attached hydrogens (tertiary/aromatic N) is 1. The molecule has 0 fully saturated rings. The van der Waals surface area contributed by atoms with E-state index in [0.717, 1.165) is 5.69 Å². The Morgan fingerprint density at radius 2 is 2.06 bits per heavy atom. The Kier molecular flexibility index (Phi) is 3.73. The van der Waals surface area contributed by atoms with Gasteiger partial charge in [0.25, 0.3) is 0 Å². The maximum absolute atomic E-state index is 13.8. The van der Waals surface area contributed by atoms with Gasteiger partial charge in [0.15, 0.2) is 0 Å². The maximum Gasteiger partial charge on any atom is 0.134 e. The first-order chi connectivity index (χ1) is 8.49. The van der Waals surface area contributed by atoms with Crippen molar-refractivity contribution in [2.45, 2.75) is 26.4 Å². The molecular formula is C13H13F2NOS. The van der Waals surface area contributed by atoms with Gasteiger partial charge in [-0.15, -0.1) is 11.3 Å². The second-order valence-electron chi connectivity index (χ2n) is 4.19. The lowest BCUT2D eigenvalue weighted by molar-refractivity contribution is 0.168. The van der Waals surface area contributed by atoms with Crippen molar-refractivity contribution in [2.24, 2.45) is 0 Å². The molecule has 0 aliphatic carbocycles. The molecule has 0 saturated heterocycles. The lowest BCUT2D eigenvalue weighted by atomic mass is 10.0. The van der Waals surface area contributed by atoms with E-state index >= 15 is 0 Å². The van der Waals surface area contributed by atoms with Crippen LogP contribution in [0.2, 0.25) is 0 Å². The van der Waals surface area contributed by atoms with Crippen LogP contribution in [0.3, 0.4) is 0 Å². The Bertz CT molecular complexity index is 568. The highest BCUT2D eigenvalue weighted by Gasteiger charge is 2.20. The summed E-state index contributed by atoms with van der Waals surface area (Å²) in [6.07, 6.45) is -1.09. The van der Waals surface area contributed by atoms with E-state index in [0.29, 0.717) is 10.6 Å². The highest BCUT2D eigenvalue weighted by Crippen LogP contribution is 2.26. The first kappa shape index (κ1) is 13.1. The zero-order valence-electron chi connectivity index (χ0n) is 10.1. The summed E-state index contributed by atoms with van der Waals surface area (Å²) in [6.45, 7) is 3.37. The lowest BCUT2D eigenvalue weighted by Gasteiger charge is -2.12. The molecule has 1 atom stereocenters. The van der Waals surface area contributed by atoms with E-state index in [1.165, 1.54) is 23.5 Å². The molecule has 0 aliphatic heterocycles. The highest BCUT2D eigenvalue weighted by molar-refractivity contribution is 7.09. The normalized spacial score (nSPS) is 12.7. The van der Waals surface area contributed by atoms with Crippen LogP contribution in [0.4, 0.5) is 8.78 Å². The molecule has 1 aromatic carbocycles. The Morgan fingerprint density at radius 3 is 2.67 bits per heavy atom. The number of aliphatic hydroxyl groups excluding tert-OH is 1. The van der Waals surface area contributed by atoms with E-state index in [2.05, 4.69) is 4.98 Å². The van der Waals surface area contributed by atoms with Crippen molar-refractivity contribution in [3.8, 4) is 0 Å². The van der Waals surface area contributed by atoms with Crippen molar-refractivity contribution in [1.82, 2.24) is 4.98 Å². The summed E-state index contributed by atoms with van der Waals surface area (Å²) in [4.78, 5) is 4.17. The van der Waals surface area contributed by atoms with Gasteiger partial charge in [-0.1, -0.05) is 6.07 Å². The van der Waals surface area contributed by atoms with Crippen molar-refractivity contribution < 1.29 is 13.9 Å². The van der Waals surface area contributed by atoms with Gasteiger partial charge < -0.3 is 5.11 Å². The van der Waals surface area contributed by atoms with Gasteiger partial charge in [0.05, 0.1) is 16.7 Å². The van der Waals surface area contributed by atoms with E-state index in [4.69, 9.17) is 0 Å². The van der Waals surface area contributed by atoms with Crippen LogP contribution >= 0.6 is 11.3 Å². The molecule has 1 aromatic heterocycles. The predicted molar refractivity (Wildman–Crippen MR) is 66.6 cm³/mol. The Hall–Kier alpha value is -1.33. The standard InChI is InChI=1S/C13H13F2NOS/c1-7-3-4-9(14)12(13(7)15)10(17)5-11-16-8(2)6-18-11/h3-4,6,10,17H,5H2,1-2H3. The van der Waals surface area contributed by atoms with Crippen molar-refractivity contribution >= 4 is 11.3 Å². The van der Waals surface area contributed by atoms with Crippen molar-refractivity contribution in [1.29, 1.82) is 0 Å². The third kappa shape index (κ3) is 2.57. The third-order valence-electron chi connectivity index (χ3n) is 2.69. The summed E-state index contributed by atoms with van der Waals surface area (Å²) in [5, 5.41) is 12.5. The van der Waals surface area contributed by atoms with Crippen molar-refractivity contribution in [2.75, 3.05) is 0 Å². The molecule has 0 saturated carbocycles. The maximum atomic E-state index is 13.8. The zero-order chi connectivity index (χ0) is 13.3. The minimum atomic E-state index is -1.21. The molecule has 2 nitrogen and oxygen atoms in total. The van der Waals surface area contributed by atoms with Gasteiger partial charge in [-0.3, -0.25) is 0 Å². The topological polar surface area (TPSA) is 33.1 Å². The van der Waals surface area contributed by atoms with E-state index in [-0.39, 0.29) is 12.0 Å². The van der Waals surface area contributed by atoms with Gasteiger partial charge in [0.1, 0.15) is 11.6 Å². The largest absolute Gasteiger partial charge is 0.388 e. The zero-order valence-corrected chi connectivity index (χ0v) is 10.9. The first-order valence-electron chi connectivity index (χ1n) is 5.52. The minimum absolute atomic E-state index is 0.121. The number of benzene rings is 1. The highest BCUT2D eigenvalue weighted by atomic mass is 32.1. The Balaban J connectivity index is 2.28. The number of thiazole rings is 1. The molecule has 2 rings (SSSR count). The van der Waals surface area contributed by atoms with Crippen LogP contribution in [0.1, 0.15) is 27.9 Å². The SMILES string of the molecule is Cc1csc(CC(O)c2c(F)ccc(C)c2F)n1. The van der Waals surface area contributed by atoms with Gasteiger partial charge >= 0.3 is 0 Å². The fraction of sp³-hybridized carbons (Fsp3) is 0.308. The summed E-state index contributed by atoms with van der Waals surface area (Å²) in [7, 11) is 0. The van der Waals surface area contributed by atoms with Crippen LogP contribution in [0.25, 0.3) is 0 Å². The average molecular weight is 269 g/mol. The molecular weight excluding hydrogens is 256 g/mol. The summed E-state index contributed by atoms with van der Waals surface area (Å²) in [6, 6.07) is 2.53. The molecule has 0 radical (unpaired) electrons. The summed E-state index contributed by atoms with van der Waals surface area (Å²) in [5.41, 5.74) is 0.885. The Labute approximate surface area is 108 Å². The molecule has 0 bridgehead atoms. The summed E-state index contributed by atoms with van der Waals surface area (Å²) < 4.78 is 27.4. The molecule has 96 valence electrons. The third-order valence-corrected chi connectivity index (χ3v) is 3.68. The second kappa shape index (κ2) is 5.12. The molecule has 0 amide bonds. The van der Waals surface area contributed by atoms with Gasteiger partial charge in [-0.05, 0) is 25.5 Å². The fourth-order valence-corrected chi connectivity index (χ4v) is 2.56. The van der Waals surface area contributed by atoms with Crippen molar-refractivity contribution in [3.05, 3.63) is 51.0 Å². The molecule has 5 heteroatoms. The van der Waals surface area contributed by atoms with Crippen LogP contribution in [-0.4, -0.2) is 10.1 Å². The van der Waals surface area contributed by atoms with Crippen molar-refractivity contribution in [3.63, 3.8) is 0 Å². The monoisotopic (exact) mass is 269 g/mol. The summed E-state index contributed by atoms with van der Waals surface area (Å²) >= 11 is 1.37. The number of aryl methyl sites for hydroxylation is 2. The van der Waals surface area contributed by atoms with Crippen LogP contribution in [-0.2, 0) is 6.42 Å². The van der Waals surface area contributed by atoms with Crippen LogP contribution in [0.5, 0.6) is 0 Å². The molecule has 0 aliphatic rings. The van der Waals surface area contributed by atoms with Gasteiger partial charge in [0, 0.05) is 17.5 Å². The smallest absolute Gasteiger partial charge is 0.134 e. The predicted octanol–water partition coefficient (Wildman–Crippen LogP) is 3.31. The molecule has 1 N–H and O–H groups in total. The molecule has 1 unspecified atom stereocenters. The van der Waals surface area contributed by atoms with Crippen LogP contribution in [0.15, 0.2) is 17.5 Å². The first-order valence-corrected chi connectivity index (χ1v) is 6.40. The quantitative estimate of drug-likeness (QED) is 0.927. The number of aromatic nitrogens is 1. The molecule has 1 heterocycles. The van der Waals surface area contributed by atoms with Gasteiger partial charge in [0.2, 0.25) is 0 Å². The molecule has 18 heavy (non-hydrogen) atoms. The molecule has 0 spiro atoms. The summed E-state index contributed by atoms with van der Waals surface area (Å²) in [5.74, 6) is -1.41. The van der Waals surface area contributed by atoms with Gasteiger partial charge in [-0.2, -0.15) is 0 Å². The van der Waals surface area contributed by atoms with Crippen LogP contribution in [0, 0.1) is 25.5 Å². The van der Waals surface area contributed by atoms with Gasteiger partial charge in [-0.25, -0.2) is 13.8 Å². The van der Waals surface area contributed by atoms with E-state index in [1.807, 2.05) is 12.3 Å². The second-order valence-corrected chi connectivity index (χ2v) is 5.14. The van der Waals surface area contributed by atoms with E-state index < -0.39 is 17.7 Å². The minimum Gasteiger partial charge on any atom is -0.388 e. The number of rotatable bonds is 3. The van der Waals surface area contributed by atoms with E-state index in [9.17, 15) is 13.9 Å². The molecule has 2 aromatic rings.